The van der Waals surface area contributed by atoms with Crippen molar-refractivity contribution < 1.29 is 31.5 Å². The van der Waals surface area contributed by atoms with E-state index in [1.807, 2.05) is 0 Å². The van der Waals surface area contributed by atoms with E-state index >= 15 is 0 Å². The van der Waals surface area contributed by atoms with E-state index in [1.54, 1.807) is 24.3 Å². The topological polar surface area (TPSA) is 42.8 Å². The molecule has 2 heterocycles. The van der Waals surface area contributed by atoms with Crippen LogP contribution in [0, 0.1) is 11.6 Å². The van der Waals surface area contributed by atoms with E-state index in [1.165, 1.54) is 6.07 Å². The van der Waals surface area contributed by atoms with Gasteiger partial charge in [-0.2, -0.15) is 13.2 Å². The molecular formula is C19H13F5N2O2. The van der Waals surface area contributed by atoms with E-state index in [-0.39, 0.29) is 23.8 Å². The van der Waals surface area contributed by atoms with Gasteiger partial charge in [-0.3, -0.25) is 10.3 Å². The number of nitrogens with one attached hydrogen (secondary N) is 1. The van der Waals surface area contributed by atoms with Gasteiger partial charge >= 0.3 is 6.18 Å². The molecule has 4 nitrogen and oxygen atoms in total. The van der Waals surface area contributed by atoms with Gasteiger partial charge in [0.2, 0.25) is 12.0 Å². The van der Waals surface area contributed by atoms with Crippen LogP contribution in [0.2, 0.25) is 0 Å². The van der Waals surface area contributed by atoms with Crippen LogP contribution in [-0.2, 0) is 9.57 Å². The Morgan fingerprint density at radius 2 is 1.68 bits per heavy atom. The molecule has 28 heavy (non-hydrogen) atoms. The Kier molecular flexibility index (Phi) is 4.54. The van der Waals surface area contributed by atoms with Crippen molar-refractivity contribution in [1.82, 2.24) is 5.48 Å². The highest BCUT2D eigenvalue weighted by molar-refractivity contribution is 5.95. The summed E-state index contributed by atoms with van der Waals surface area (Å²) in [6.07, 6.45) is -5.55. The van der Waals surface area contributed by atoms with Gasteiger partial charge in [0.25, 0.3) is 0 Å². The molecule has 2 unspecified atom stereocenters. The summed E-state index contributed by atoms with van der Waals surface area (Å²) in [5, 5.41) is 0. The highest BCUT2D eigenvalue weighted by atomic mass is 19.4. The molecule has 0 fully saturated rings. The minimum atomic E-state index is -4.50. The van der Waals surface area contributed by atoms with Crippen LogP contribution in [0.25, 0.3) is 5.70 Å². The molecule has 0 bridgehead atoms. The minimum absolute atomic E-state index is 0.0999. The molecule has 2 aromatic carbocycles. The largest absolute Gasteiger partial charge is 0.475 e. The highest BCUT2D eigenvalue weighted by Gasteiger charge is 2.42. The third-order valence-corrected chi connectivity index (χ3v) is 4.37. The van der Waals surface area contributed by atoms with Crippen LogP contribution in [-0.4, -0.2) is 24.8 Å². The second-order valence-electron chi connectivity index (χ2n) is 6.24. The molecule has 0 spiro atoms. The average molecular weight is 396 g/mol. The molecule has 2 aromatic rings. The van der Waals surface area contributed by atoms with E-state index in [4.69, 9.17) is 4.74 Å². The maximum Gasteiger partial charge on any atom is 0.420 e. The zero-order valence-corrected chi connectivity index (χ0v) is 14.1. The standard InChI is InChI=1S/C19H13F5N2O2/c20-12-2-1-3-13(21)17(12)18-25-15(9-27-18)11-6-4-10(5-7-11)14-8-16(28-26-14)19(22,23)24/h1-8,15-16,26H,9H2. The summed E-state index contributed by atoms with van der Waals surface area (Å²) in [6, 6.07) is 9.54. The van der Waals surface area contributed by atoms with E-state index in [0.717, 1.165) is 18.2 Å². The summed E-state index contributed by atoms with van der Waals surface area (Å²) in [4.78, 5) is 8.75. The summed E-state index contributed by atoms with van der Waals surface area (Å²) in [6.45, 7) is 0.0999. The van der Waals surface area contributed by atoms with Crippen LogP contribution < -0.4 is 5.48 Å². The smallest absolute Gasteiger partial charge is 0.420 e. The molecule has 0 aromatic heterocycles. The fourth-order valence-electron chi connectivity index (χ4n) is 2.93. The Bertz CT molecular complexity index is 934. The van der Waals surface area contributed by atoms with Crippen molar-refractivity contribution >= 4 is 11.6 Å². The Hall–Kier alpha value is -2.94. The molecule has 0 amide bonds. The van der Waals surface area contributed by atoms with Crippen LogP contribution >= 0.6 is 0 Å². The Balaban J connectivity index is 1.53. The normalized spacial score (nSPS) is 21.8. The van der Waals surface area contributed by atoms with Crippen LogP contribution in [0.15, 0.2) is 53.5 Å². The van der Waals surface area contributed by atoms with Gasteiger partial charge < -0.3 is 4.74 Å². The van der Waals surface area contributed by atoms with Crippen LogP contribution in [0.1, 0.15) is 22.7 Å². The van der Waals surface area contributed by atoms with Crippen molar-refractivity contribution in [3.05, 3.63) is 76.9 Å². The van der Waals surface area contributed by atoms with Crippen LogP contribution in [0.4, 0.5) is 22.0 Å². The number of aliphatic imine (C=N–C) groups is 1. The first kappa shape index (κ1) is 18.4. The lowest BCUT2D eigenvalue weighted by atomic mass is 10.0. The van der Waals surface area contributed by atoms with Gasteiger partial charge in [0.1, 0.15) is 29.8 Å². The zero-order chi connectivity index (χ0) is 19.9. The molecule has 0 radical (unpaired) electrons. The van der Waals surface area contributed by atoms with E-state index in [2.05, 4.69) is 15.3 Å². The van der Waals surface area contributed by atoms with Crippen molar-refractivity contribution in [2.45, 2.75) is 18.3 Å². The fourth-order valence-corrected chi connectivity index (χ4v) is 2.93. The molecule has 0 saturated carbocycles. The van der Waals surface area contributed by atoms with Gasteiger partial charge in [-0.1, -0.05) is 30.3 Å². The van der Waals surface area contributed by atoms with Crippen molar-refractivity contribution in [3.63, 3.8) is 0 Å². The number of hydrogen-bond acceptors (Lipinski definition) is 4. The molecule has 0 aliphatic carbocycles. The monoisotopic (exact) mass is 396 g/mol. The summed E-state index contributed by atoms with van der Waals surface area (Å²) in [5.41, 5.74) is 3.34. The van der Waals surface area contributed by atoms with Crippen molar-refractivity contribution in [1.29, 1.82) is 0 Å². The summed E-state index contributed by atoms with van der Waals surface area (Å²) >= 11 is 0. The van der Waals surface area contributed by atoms with Crippen molar-refractivity contribution in [3.8, 4) is 0 Å². The molecule has 2 aliphatic rings. The van der Waals surface area contributed by atoms with Gasteiger partial charge in [0.15, 0.2) is 0 Å². The zero-order valence-electron chi connectivity index (χ0n) is 14.1. The predicted octanol–water partition coefficient (Wildman–Crippen LogP) is 4.29. The first-order valence-electron chi connectivity index (χ1n) is 8.28. The fraction of sp³-hybridized carbons (Fsp3) is 0.211. The lowest BCUT2D eigenvalue weighted by Crippen LogP contribution is -2.29. The molecule has 146 valence electrons. The lowest BCUT2D eigenvalue weighted by molar-refractivity contribution is -0.208. The molecular weight excluding hydrogens is 383 g/mol. The number of alkyl halides is 3. The minimum Gasteiger partial charge on any atom is -0.475 e. The second kappa shape index (κ2) is 6.90. The highest BCUT2D eigenvalue weighted by Crippen LogP contribution is 2.31. The number of ether oxygens (including phenoxy) is 1. The number of hydrogen-bond donors (Lipinski definition) is 1. The number of benzene rings is 2. The van der Waals surface area contributed by atoms with E-state index in [0.29, 0.717) is 11.1 Å². The predicted molar refractivity (Wildman–Crippen MR) is 90.1 cm³/mol. The Morgan fingerprint density at radius 3 is 2.29 bits per heavy atom. The van der Waals surface area contributed by atoms with Gasteiger partial charge in [-0.15, -0.1) is 0 Å². The number of rotatable bonds is 3. The summed E-state index contributed by atoms with van der Waals surface area (Å²) in [7, 11) is 0. The maximum atomic E-state index is 13.9. The molecule has 9 heteroatoms. The lowest BCUT2D eigenvalue weighted by Gasteiger charge is -2.10. The molecule has 4 rings (SSSR count). The number of halogens is 5. The first-order chi connectivity index (χ1) is 13.3. The van der Waals surface area contributed by atoms with E-state index < -0.39 is 30.0 Å². The van der Waals surface area contributed by atoms with Gasteiger partial charge in [0.05, 0.1) is 5.70 Å². The first-order valence-corrected chi connectivity index (χ1v) is 8.28. The summed E-state index contributed by atoms with van der Waals surface area (Å²) in [5.74, 6) is -1.66. The van der Waals surface area contributed by atoms with Crippen molar-refractivity contribution in [2.24, 2.45) is 4.99 Å². The second-order valence-corrected chi connectivity index (χ2v) is 6.24. The van der Waals surface area contributed by atoms with Crippen LogP contribution in [0.5, 0.6) is 0 Å². The maximum absolute atomic E-state index is 13.9. The van der Waals surface area contributed by atoms with Crippen LogP contribution in [0.3, 0.4) is 0 Å². The van der Waals surface area contributed by atoms with E-state index in [9.17, 15) is 22.0 Å². The SMILES string of the molecule is Fc1cccc(F)c1C1=NC(c2ccc(C3=CC(C(F)(F)F)ON3)cc2)CO1. The van der Waals surface area contributed by atoms with Gasteiger partial charge in [0, 0.05) is 0 Å². The number of hydroxylamine groups is 1. The van der Waals surface area contributed by atoms with Gasteiger partial charge in [-0.05, 0) is 29.3 Å². The average Bonchev–Trinajstić information content (AvgIpc) is 3.32. The van der Waals surface area contributed by atoms with Crippen molar-refractivity contribution in [2.75, 3.05) is 6.61 Å². The molecule has 1 N–H and O–H groups in total. The molecule has 2 aliphatic heterocycles. The van der Waals surface area contributed by atoms with Gasteiger partial charge in [-0.25, -0.2) is 13.8 Å². The Morgan fingerprint density at radius 1 is 1.00 bits per heavy atom. The third-order valence-electron chi connectivity index (χ3n) is 4.37. The Labute approximate surface area is 156 Å². The quantitative estimate of drug-likeness (QED) is 0.788. The number of nitrogens with zero attached hydrogens (tertiary/aromatic N) is 1. The third kappa shape index (κ3) is 3.45. The molecule has 0 saturated heterocycles. The molecule has 2 atom stereocenters. The summed E-state index contributed by atoms with van der Waals surface area (Å²) < 4.78 is 71.1.